The van der Waals surface area contributed by atoms with Crippen LogP contribution in [0.15, 0.2) is 34.8 Å². The molecule has 112 valence electrons. The van der Waals surface area contributed by atoms with Crippen LogP contribution in [0.3, 0.4) is 0 Å². The van der Waals surface area contributed by atoms with Crippen molar-refractivity contribution >= 4 is 50.7 Å². The van der Waals surface area contributed by atoms with Gasteiger partial charge in [-0.3, -0.25) is 0 Å². The van der Waals surface area contributed by atoms with Gasteiger partial charge in [0.2, 0.25) is 0 Å². The van der Waals surface area contributed by atoms with Gasteiger partial charge in [-0.15, -0.1) is 11.6 Å². The third-order valence-electron chi connectivity index (χ3n) is 3.01. The molecule has 0 spiro atoms. The highest BCUT2D eigenvalue weighted by Crippen LogP contribution is 2.42. The van der Waals surface area contributed by atoms with E-state index in [0.717, 1.165) is 10.0 Å². The highest BCUT2D eigenvalue weighted by Gasteiger charge is 2.20. The smallest absolute Gasteiger partial charge is 0.162 e. The number of alkyl halides is 1. The maximum Gasteiger partial charge on any atom is 0.162 e. The molecule has 0 fully saturated rings. The van der Waals surface area contributed by atoms with E-state index in [4.69, 9.17) is 44.3 Å². The average molecular weight is 411 g/mol. The fraction of sp³-hybridized carbons (Fsp3) is 0.200. The molecule has 0 aromatic heterocycles. The number of halogens is 4. The summed E-state index contributed by atoms with van der Waals surface area (Å²) in [6.45, 7) is 0. The van der Waals surface area contributed by atoms with E-state index in [2.05, 4.69) is 15.9 Å². The normalized spacial score (nSPS) is 12.1. The summed E-state index contributed by atoms with van der Waals surface area (Å²) in [5, 5.41) is 0.569. The molecule has 1 unspecified atom stereocenters. The van der Waals surface area contributed by atoms with Gasteiger partial charge in [0.15, 0.2) is 11.5 Å². The van der Waals surface area contributed by atoms with Gasteiger partial charge in [-0.1, -0.05) is 45.2 Å². The van der Waals surface area contributed by atoms with Gasteiger partial charge in [0, 0.05) is 20.6 Å². The van der Waals surface area contributed by atoms with Crippen LogP contribution in [-0.4, -0.2) is 14.2 Å². The molecule has 0 saturated carbocycles. The zero-order chi connectivity index (χ0) is 15.6. The van der Waals surface area contributed by atoms with Crippen molar-refractivity contribution in [3.8, 4) is 11.5 Å². The van der Waals surface area contributed by atoms with Crippen LogP contribution in [0.5, 0.6) is 11.5 Å². The van der Waals surface area contributed by atoms with Gasteiger partial charge in [-0.2, -0.15) is 0 Å². The van der Waals surface area contributed by atoms with Gasteiger partial charge in [-0.05, 0) is 29.3 Å². The van der Waals surface area contributed by atoms with Gasteiger partial charge >= 0.3 is 0 Å². The molecule has 0 aliphatic carbocycles. The lowest BCUT2D eigenvalue weighted by Crippen LogP contribution is -1.98. The zero-order valence-corrected chi connectivity index (χ0v) is 15.1. The van der Waals surface area contributed by atoms with Crippen molar-refractivity contribution in [3.63, 3.8) is 0 Å². The van der Waals surface area contributed by atoms with Crippen LogP contribution >= 0.6 is 50.7 Å². The molecular formula is C15H12BrCl3O2. The van der Waals surface area contributed by atoms with Crippen LogP contribution < -0.4 is 9.47 Å². The lowest BCUT2D eigenvalue weighted by molar-refractivity contribution is 0.354. The largest absolute Gasteiger partial charge is 0.493 e. The molecule has 0 radical (unpaired) electrons. The van der Waals surface area contributed by atoms with Crippen molar-refractivity contribution in [2.45, 2.75) is 5.38 Å². The molecular weight excluding hydrogens is 398 g/mol. The Morgan fingerprint density at radius 2 is 1.48 bits per heavy atom. The van der Waals surface area contributed by atoms with Crippen LogP contribution in [-0.2, 0) is 0 Å². The quantitative estimate of drug-likeness (QED) is 0.567. The maximum atomic E-state index is 6.54. The highest BCUT2D eigenvalue weighted by atomic mass is 79.9. The van der Waals surface area contributed by atoms with E-state index in [1.165, 1.54) is 0 Å². The van der Waals surface area contributed by atoms with E-state index >= 15 is 0 Å². The van der Waals surface area contributed by atoms with E-state index in [0.29, 0.717) is 27.1 Å². The third kappa shape index (κ3) is 3.59. The molecule has 2 aromatic rings. The van der Waals surface area contributed by atoms with E-state index < -0.39 is 5.38 Å². The summed E-state index contributed by atoms with van der Waals surface area (Å²) in [5.74, 6) is 1.12. The van der Waals surface area contributed by atoms with E-state index in [9.17, 15) is 0 Å². The molecule has 2 rings (SSSR count). The Morgan fingerprint density at radius 3 is 2.05 bits per heavy atom. The Labute approximate surface area is 147 Å². The van der Waals surface area contributed by atoms with Gasteiger partial charge in [0.05, 0.1) is 19.6 Å². The minimum atomic E-state index is -0.488. The number of hydrogen-bond donors (Lipinski definition) is 0. The number of methoxy groups -OCH3 is 2. The molecule has 0 heterocycles. The average Bonchev–Trinajstić information content (AvgIpc) is 2.46. The first-order valence-electron chi connectivity index (χ1n) is 5.98. The second-order valence-corrected chi connectivity index (χ2v) is 6.42. The van der Waals surface area contributed by atoms with Crippen LogP contribution in [0.4, 0.5) is 0 Å². The SMILES string of the molecule is COc1cc(Cl)c(C(Cl)c2ccc(Br)cc2Cl)cc1OC. The molecule has 0 saturated heterocycles. The summed E-state index contributed by atoms with van der Waals surface area (Å²) in [6.07, 6.45) is 0. The van der Waals surface area contributed by atoms with Gasteiger partial charge in [0.25, 0.3) is 0 Å². The van der Waals surface area contributed by atoms with E-state index in [1.807, 2.05) is 12.1 Å². The summed E-state index contributed by atoms with van der Waals surface area (Å²) < 4.78 is 11.4. The third-order valence-corrected chi connectivity index (χ3v) is 4.63. The number of ether oxygens (including phenoxy) is 2. The van der Waals surface area contributed by atoms with Crippen LogP contribution in [0.2, 0.25) is 10.0 Å². The molecule has 1 atom stereocenters. The lowest BCUT2D eigenvalue weighted by atomic mass is 10.0. The number of hydrogen-bond acceptors (Lipinski definition) is 2. The van der Waals surface area contributed by atoms with Crippen molar-refractivity contribution in [2.24, 2.45) is 0 Å². The Bertz CT molecular complexity index is 662. The molecule has 0 aliphatic heterocycles. The minimum Gasteiger partial charge on any atom is -0.493 e. The highest BCUT2D eigenvalue weighted by molar-refractivity contribution is 9.10. The zero-order valence-electron chi connectivity index (χ0n) is 11.3. The first kappa shape index (κ1) is 16.8. The Morgan fingerprint density at radius 1 is 0.905 bits per heavy atom. The summed E-state index contributed by atoms with van der Waals surface area (Å²) in [4.78, 5) is 0. The Balaban J connectivity index is 2.50. The fourth-order valence-electron chi connectivity index (χ4n) is 1.94. The molecule has 0 N–H and O–H groups in total. The lowest BCUT2D eigenvalue weighted by Gasteiger charge is -2.17. The second-order valence-electron chi connectivity index (χ2n) is 4.26. The molecule has 0 amide bonds. The molecule has 0 aliphatic rings. The van der Waals surface area contributed by atoms with Crippen LogP contribution in [0.25, 0.3) is 0 Å². The van der Waals surface area contributed by atoms with Crippen LogP contribution in [0.1, 0.15) is 16.5 Å². The molecule has 6 heteroatoms. The summed E-state index contributed by atoms with van der Waals surface area (Å²) in [6, 6.07) is 8.97. The first-order valence-corrected chi connectivity index (χ1v) is 7.97. The summed E-state index contributed by atoms with van der Waals surface area (Å²) >= 11 is 22.4. The predicted molar refractivity (Wildman–Crippen MR) is 91.4 cm³/mol. The Hall–Kier alpha value is -0.610. The van der Waals surface area contributed by atoms with Gasteiger partial charge in [0.1, 0.15) is 0 Å². The maximum absolute atomic E-state index is 6.54. The van der Waals surface area contributed by atoms with Crippen molar-refractivity contribution in [1.82, 2.24) is 0 Å². The Kier molecular flexibility index (Phi) is 5.67. The topological polar surface area (TPSA) is 18.5 Å². The van der Waals surface area contributed by atoms with Gasteiger partial charge < -0.3 is 9.47 Å². The molecule has 0 bridgehead atoms. The molecule has 2 nitrogen and oxygen atoms in total. The number of benzene rings is 2. The number of rotatable bonds is 4. The second kappa shape index (κ2) is 7.10. The van der Waals surface area contributed by atoms with Crippen molar-refractivity contribution in [2.75, 3.05) is 14.2 Å². The van der Waals surface area contributed by atoms with Crippen molar-refractivity contribution in [1.29, 1.82) is 0 Å². The van der Waals surface area contributed by atoms with Crippen LogP contribution in [0, 0.1) is 0 Å². The fourth-order valence-corrected chi connectivity index (χ4v) is 3.47. The van der Waals surface area contributed by atoms with Gasteiger partial charge in [-0.25, -0.2) is 0 Å². The van der Waals surface area contributed by atoms with E-state index in [1.54, 1.807) is 32.4 Å². The molecule has 21 heavy (non-hydrogen) atoms. The summed E-state index contributed by atoms with van der Waals surface area (Å²) in [5.41, 5.74) is 1.48. The van der Waals surface area contributed by atoms with Crippen molar-refractivity contribution in [3.05, 3.63) is 56.0 Å². The van der Waals surface area contributed by atoms with E-state index in [-0.39, 0.29) is 0 Å². The van der Waals surface area contributed by atoms with Crippen molar-refractivity contribution < 1.29 is 9.47 Å². The predicted octanol–water partition coefficient (Wildman–Crippen LogP) is 6.10. The minimum absolute atomic E-state index is 0.488. The standard InChI is InChI=1S/C15H12BrCl3O2/c1-20-13-6-10(12(18)7-14(13)21-2)15(19)9-4-3-8(16)5-11(9)17/h3-7,15H,1-2H3. The monoisotopic (exact) mass is 408 g/mol. The summed E-state index contributed by atoms with van der Waals surface area (Å²) in [7, 11) is 3.11. The first-order chi connectivity index (χ1) is 9.97. The molecule has 2 aromatic carbocycles.